The summed E-state index contributed by atoms with van der Waals surface area (Å²) in [4.78, 5) is 22.4. The van der Waals surface area contributed by atoms with Gasteiger partial charge in [-0.2, -0.15) is 0 Å². The van der Waals surface area contributed by atoms with Crippen LogP contribution in [0.25, 0.3) is 0 Å². The molecule has 0 aliphatic rings. The minimum Gasteiger partial charge on any atom is -0.480 e. The Kier molecular flexibility index (Phi) is 8.00. The van der Waals surface area contributed by atoms with E-state index in [4.69, 9.17) is 14.6 Å². The summed E-state index contributed by atoms with van der Waals surface area (Å²) in [5, 5.41) is 11.2. The van der Waals surface area contributed by atoms with Gasteiger partial charge >= 0.3 is 5.97 Å². The van der Waals surface area contributed by atoms with Crippen molar-refractivity contribution in [1.82, 2.24) is 5.32 Å². The predicted octanol–water partition coefficient (Wildman–Crippen LogP) is 0.183. The van der Waals surface area contributed by atoms with Crippen molar-refractivity contribution in [3.63, 3.8) is 0 Å². The first-order valence-corrected chi connectivity index (χ1v) is 5.31. The Balaban J connectivity index is 4.28. The van der Waals surface area contributed by atoms with Crippen molar-refractivity contribution >= 4 is 11.9 Å². The first-order valence-electron chi connectivity index (χ1n) is 5.31. The van der Waals surface area contributed by atoms with E-state index in [-0.39, 0.29) is 13.2 Å². The number of aliphatic carboxylic acids is 1. The normalized spacial score (nSPS) is 13.8. The van der Waals surface area contributed by atoms with Gasteiger partial charge in [0.2, 0.25) is 5.91 Å². The minimum atomic E-state index is -1.15. The van der Waals surface area contributed by atoms with Crippen LogP contribution in [0.2, 0.25) is 0 Å². The average Bonchev–Trinajstić information content (AvgIpc) is 2.29. The summed E-state index contributed by atoms with van der Waals surface area (Å²) in [6, 6.07) is -1.08. The highest BCUT2D eigenvalue weighted by atomic mass is 16.5. The third kappa shape index (κ3) is 6.03. The van der Waals surface area contributed by atoms with Crippen LogP contribution in [0.4, 0.5) is 0 Å². The van der Waals surface area contributed by atoms with Crippen molar-refractivity contribution in [3.05, 3.63) is 12.7 Å². The molecule has 2 N–H and O–H groups in total. The molecule has 2 atom stereocenters. The molecule has 0 aliphatic carbocycles. The molecular formula is C11H19NO5. The Morgan fingerprint density at radius 3 is 2.59 bits per heavy atom. The molecule has 1 amide bonds. The van der Waals surface area contributed by atoms with Crippen molar-refractivity contribution in [2.45, 2.75) is 25.5 Å². The number of amides is 1. The lowest BCUT2D eigenvalue weighted by Gasteiger charge is -2.18. The number of carboxylic acids is 1. The molecule has 0 aromatic heterocycles. The molecule has 0 aromatic carbocycles. The Morgan fingerprint density at radius 1 is 1.53 bits per heavy atom. The second-order valence-electron chi connectivity index (χ2n) is 3.36. The van der Waals surface area contributed by atoms with Crippen molar-refractivity contribution in [2.75, 3.05) is 20.3 Å². The number of rotatable bonds is 9. The Bertz CT molecular complexity index is 263. The molecule has 98 valence electrons. The fraction of sp³-hybridized carbons (Fsp3) is 0.636. The molecule has 0 radical (unpaired) electrons. The third-order valence-electron chi connectivity index (χ3n) is 2.08. The summed E-state index contributed by atoms with van der Waals surface area (Å²) < 4.78 is 9.91. The third-order valence-corrected chi connectivity index (χ3v) is 2.08. The fourth-order valence-electron chi connectivity index (χ4n) is 1.17. The van der Waals surface area contributed by atoms with Crippen LogP contribution in [0, 0.1) is 0 Å². The van der Waals surface area contributed by atoms with Gasteiger partial charge in [0.25, 0.3) is 0 Å². The van der Waals surface area contributed by atoms with Crippen molar-refractivity contribution < 1.29 is 24.2 Å². The van der Waals surface area contributed by atoms with Gasteiger partial charge in [-0.25, -0.2) is 4.79 Å². The lowest BCUT2D eigenvalue weighted by Crippen LogP contribution is -2.48. The van der Waals surface area contributed by atoms with Gasteiger partial charge in [0, 0.05) is 7.11 Å². The molecule has 0 aliphatic heterocycles. The molecule has 0 saturated heterocycles. The van der Waals surface area contributed by atoms with E-state index >= 15 is 0 Å². The first-order chi connectivity index (χ1) is 8.06. The lowest BCUT2D eigenvalue weighted by atomic mass is 10.2. The van der Waals surface area contributed by atoms with E-state index in [9.17, 15) is 9.59 Å². The monoisotopic (exact) mass is 245 g/mol. The van der Waals surface area contributed by atoms with Crippen molar-refractivity contribution in [2.24, 2.45) is 0 Å². The quantitative estimate of drug-likeness (QED) is 0.447. The van der Waals surface area contributed by atoms with Crippen LogP contribution in [0.15, 0.2) is 12.7 Å². The second-order valence-corrected chi connectivity index (χ2v) is 3.36. The molecule has 0 saturated carbocycles. The van der Waals surface area contributed by atoms with Crippen LogP contribution in [0.5, 0.6) is 0 Å². The first kappa shape index (κ1) is 15.6. The number of carboxylic acid groups (broad SMARTS) is 1. The van der Waals surface area contributed by atoms with E-state index in [1.165, 1.54) is 13.2 Å². The number of ether oxygens (including phenoxy) is 2. The molecule has 0 rings (SSSR count). The van der Waals surface area contributed by atoms with E-state index in [0.717, 1.165) is 0 Å². The highest BCUT2D eigenvalue weighted by molar-refractivity contribution is 5.86. The average molecular weight is 245 g/mol. The number of hydrogen-bond acceptors (Lipinski definition) is 4. The minimum absolute atomic E-state index is 0.104. The fourth-order valence-corrected chi connectivity index (χ4v) is 1.17. The Hall–Kier alpha value is -1.40. The standard InChI is InChI=1S/C11H19NO5/c1-4-6-17-7-8(11(14)15)12-10(13)9(5-2)16-3/h4,8-9H,1,5-7H2,2-3H3,(H,12,13)(H,14,15). The Labute approximate surface area is 101 Å². The summed E-state index contributed by atoms with van der Waals surface area (Å²) >= 11 is 0. The summed E-state index contributed by atoms with van der Waals surface area (Å²) in [5.74, 6) is -1.60. The number of hydrogen-bond donors (Lipinski definition) is 2. The maximum atomic E-state index is 11.6. The smallest absolute Gasteiger partial charge is 0.328 e. The number of carbonyl (C=O) groups excluding carboxylic acids is 1. The second kappa shape index (κ2) is 8.72. The largest absolute Gasteiger partial charge is 0.480 e. The Morgan fingerprint density at radius 2 is 2.18 bits per heavy atom. The van der Waals surface area contributed by atoms with Gasteiger partial charge in [-0.1, -0.05) is 13.0 Å². The molecule has 17 heavy (non-hydrogen) atoms. The van der Waals surface area contributed by atoms with Gasteiger partial charge in [-0.15, -0.1) is 6.58 Å². The van der Waals surface area contributed by atoms with Crippen LogP contribution >= 0.6 is 0 Å². The number of nitrogens with one attached hydrogen (secondary N) is 1. The van der Waals surface area contributed by atoms with Gasteiger partial charge in [-0.05, 0) is 6.42 Å². The van der Waals surface area contributed by atoms with Crippen molar-refractivity contribution in [1.29, 1.82) is 0 Å². The van der Waals surface area contributed by atoms with Crippen LogP contribution in [-0.4, -0.2) is 49.5 Å². The van der Waals surface area contributed by atoms with Crippen LogP contribution < -0.4 is 5.32 Å². The highest BCUT2D eigenvalue weighted by Gasteiger charge is 2.24. The molecular weight excluding hydrogens is 226 g/mol. The lowest BCUT2D eigenvalue weighted by molar-refractivity contribution is -0.145. The summed E-state index contributed by atoms with van der Waals surface area (Å²) in [6.45, 7) is 5.35. The zero-order chi connectivity index (χ0) is 13.3. The van der Waals surface area contributed by atoms with Gasteiger partial charge < -0.3 is 19.9 Å². The molecule has 0 bridgehead atoms. The van der Waals surface area contributed by atoms with E-state index in [1.54, 1.807) is 6.92 Å². The molecule has 0 heterocycles. The number of methoxy groups -OCH3 is 1. The van der Waals surface area contributed by atoms with E-state index < -0.39 is 24.0 Å². The van der Waals surface area contributed by atoms with Crippen molar-refractivity contribution in [3.8, 4) is 0 Å². The SMILES string of the molecule is C=CCOCC(NC(=O)C(CC)OC)C(=O)O. The summed E-state index contributed by atoms with van der Waals surface area (Å²) in [6.07, 6.45) is 1.34. The molecule has 0 aromatic rings. The topological polar surface area (TPSA) is 84.9 Å². The molecule has 0 spiro atoms. The molecule has 6 heteroatoms. The van der Waals surface area contributed by atoms with E-state index in [1.807, 2.05) is 0 Å². The molecule has 2 unspecified atom stereocenters. The van der Waals surface area contributed by atoms with E-state index in [2.05, 4.69) is 11.9 Å². The van der Waals surface area contributed by atoms with E-state index in [0.29, 0.717) is 6.42 Å². The zero-order valence-corrected chi connectivity index (χ0v) is 10.1. The van der Waals surface area contributed by atoms with Crippen LogP contribution in [0.1, 0.15) is 13.3 Å². The van der Waals surface area contributed by atoms with Crippen LogP contribution in [0.3, 0.4) is 0 Å². The van der Waals surface area contributed by atoms with Gasteiger partial charge in [0.1, 0.15) is 6.10 Å². The maximum Gasteiger partial charge on any atom is 0.328 e. The summed E-state index contributed by atoms with van der Waals surface area (Å²) in [5.41, 5.74) is 0. The predicted molar refractivity (Wildman–Crippen MR) is 61.7 cm³/mol. The van der Waals surface area contributed by atoms with Gasteiger partial charge in [-0.3, -0.25) is 4.79 Å². The zero-order valence-electron chi connectivity index (χ0n) is 10.1. The van der Waals surface area contributed by atoms with Gasteiger partial charge in [0.15, 0.2) is 6.04 Å². The molecule has 6 nitrogen and oxygen atoms in total. The summed E-state index contributed by atoms with van der Waals surface area (Å²) in [7, 11) is 1.40. The maximum absolute atomic E-state index is 11.6. The highest BCUT2D eigenvalue weighted by Crippen LogP contribution is 1.98. The van der Waals surface area contributed by atoms with Crippen LogP contribution in [-0.2, 0) is 19.1 Å². The number of carbonyl (C=O) groups is 2. The van der Waals surface area contributed by atoms with Gasteiger partial charge in [0.05, 0.1) is 13.2 Å². The molecule has 0 fully saturated rings.